The summed E-state index contributed by atoms with van der Waals surface area (Å²) in [6, 6.07) is 1.12. The Balaban J connectivity index is 2.87. The van der Waals surface area contributed by atoms with Gasteiger partial charge in [0.1, 0.15) is 17.4 Å². The number of aliphatic hydroxyl groups excluding tert-OH is 2. The number of nitrogens with zero attached hydrogens (tertiary/aromatic N) is 1. The van der Waals surface area contributed by atoms with Gasteiger partial charge in [-0.05, 0) is 6.07 Å². The van der Waals surface area contributed by atoms with E-state index in [9.17, 15) is 19.8 Å². The monoisotopic (exact) mass is 288 g/mol. The predicted octanol–water partition coefficient (Wildman–Crippen LogP) is -0.0364. The lowest BCUT2D eigenvalue weighted by Crippen LogP contribution is -2.34. The fourth-order valence-electron chi connectivity index (χ4n) is 1.36. The van der Waals surface area contributed by atoms with Crippen LogP contribution in [0.3, 0.4) is 0 Å². The Bertz CT molecular complexity index is 494. The predicted molar refractivity (Wildman–Crippen MR) is 65.9 cm³/mol. The largest absolute Gasteiger partial charge is 0.478 e. The van der Waals surface area contributed by atoms with E-state index in [2.05, 4.69) is 10.3 Å². The average molecular weight is 289 g/mol. The molecule has 1 aromatic heterocycles. The molecule has 0 aliphatic rings. The minimum absolute atomic E-state index is 0.0969. The molecule has 0 saturated carbocycles. The number of amides is 1. The Hall–Kier alpha value is -1.70. The maximum absolute atomic E-state index is 10.9. The number of hydrogen-bond donors (Lipinski definition) is 4. The maximum atomic E-state index is 10.9. The Kier molecular flexibility index (Phi) is 5.22. The lowest BCUT2D eigenvalue weighted by Gasteiger charge is -2.18. The van der Waals surface area contributed by atoms with Gasteiger partial charge in [0.15, 0.2) is 0 Å². The van der Waals surface area contributed by atoms with Crippen LogP contribution < -0.4 is 5.32 Å². The van der Waals surface area contributed by atoms with Gasteiger partial charge in [0.05, 0.1) is 5.56 Å². The van der Waals surface area contributed by atoms with Crippen molar-refractivity contribution >= 4 is 23.5 Å². The first kappa shape index (κ1) is 15.4. The number of nitrogens with one attached hydrogen (secondary N) is 1. The molecule has 0 aromatic carbocycles. The average Bonchev–Trinajstić information content (AvgIpc) is 2.35. The van der Waals surface area contributed by atoms with Gasteiger partial charge in [-0.1, -0.05) is 11.6 Å². The molecule has 19 heavy (non-hydrogen) atoms. The van der Waals surface area contributed by atoms with E-state index in [4.69, 9.17) is 16.7 Å². The third kappa shape index (κ3) is 4.16. The van der Waals surface area contributed by atoms with Crippen molar-refractivity contribution in [1.29, 1.82) is 0 Å². The zero-order valence-corrected chi connectivity index (χ0v) is 10.8. The van der Waals surface area contributed by atoms with E-state index in [1.165, 1.54) is 6.92 Å². The van der Waals surface area contributed by atoms with Crippen molar-refractivity contribution in [3.05, 3.63) is 28.5 Å². The quantitative estimate of drug-likeness (QED) is 0.565. The van der Waals surface area contributed by atoms with Gasteiger partial charge in [-0.15, -0.1) is 0 Å². The SMILES string of the molecule is CC(=O)NCC(O)C(O)c1cnc(Cl)c(C(=O)O)c1. The van der Waals surface area contributed by atoms with Crippen molar-refractivity contribution in [2.75, 3.05) is 6.54 Å². The molecule has 4 N–H and O–H groups in total. The van der Waals surface area contributed by atoms with Crippen molar-refractivity contribution < 1.29 is 24.9 Å². The van der Waals surface area contributed by atoms with Crippen LogP contribution >= 0.6 is 11.6 Å². The van der Waals surface area contributed by atoms with E-state index in [0.717, 1.165) is 12.3 Å². The molecular formula is C11H13ClN2O5. The number of halogens is 1. The lowest BCUT2D eigenvalue weighted by atomic mass is 10.0. The Morgan fingerprint density at radius 1 is 1.47 bits per heavy atom. The number of aromatic carboxylic acids is 1. The summed E-state index contributed by atoms with van der Waals surface area (Å²) in [5, 5.41) is 30.5. The van der Waals surface area contributed by atoms with Gasteiger partial charge in [-0.25, -0.2) is 9.78 Å². The molecule has 0 aliphatic carbocycles. The number of carbonyl (C=O) groups is 2. The van der Waals surface area contributed by atoms with Crippen LogP contribution in [0.25, 0.3) is 0 Å². The molecule has 8 heteroatoms. The van der Waals surface area contributed by atoms with Gasteiger partial charge < -0.3 is 20.6 Å². The van der Waals surface area contributed by atoms with Crippen LogP contribution in [0.5, 0.6) is 0 Å². The number of hydrogen-bond acceptors (Lipinski definition) is 5. The van der Waals surface area contributed by atoms with Crippen molar-refractivity contribution in [3.63, 3.8) is 0 Å². The van der Waals surface area contributed by atoms with Crippen molar-refractivity contribution in [2.24, 2.45) is 0 Å². The molecule has 7 nitrogen and oxygen atoms in total. The highest BCUT2D eigenvalue weighted by Crippen LogP contribution is 2.21. The number of aliphatic hydroxyl groups is 2. The van der Waals surface area contributed by atoms with Gasteiger partial charge in [0, 0.05) is 25.2 Å². The highest BCUT2D eigenvalue weighted by molar-refractivity contribution is 6.32. The zero-order valence-electron chi connectivity index (χ0n) is 10.00. The van der Waals surface area contributed by atoms with E-state index in [0.29, 0.717) is 0 Å². The molecule has 0 spiro atoms. The molecule has 0 fully saturated rings. The van der Waals surface area contributed by atoms with Gasteiger partial charge in [-0.2, -0.15) is 0 Å². The van der Waals surface area contributed by atoms with Crippen LogP contribution in [0.1, 0.15) is 28.9 Å². The highest BCUT2D eigenvalue weighted by Gasteiger charge is 2.21. The van der Waals surface area contributed by atoms with E-state index in [1.54, 1.807) is 0 Å². The fraction of sp³-hybridized carbons (Fsp3) is 0.364. The van der Waals surface area contributed by atoms with Gasteiger partial charge in [-0.3, -0.25) is 4.79 Å². The van der Waals surface area contributed by atoms with Gasteiger partial charge in [0.25, 0.3) is 0 Å². The summed E-state index contributed by atoms with van der Waals surface area (Å²) in [5.41, 5.74) is -0.176. The number of carboxylic acid groups (broad SMARTS) is 1. The van der Waals surface area contributed by atoms with E-state index >= 15 is 0 Å². The molecule has 1 rings (SSSR count). The van der Waals surface area contributed by atoms with Crippen LogP contribution in [-0.4, -0.2) is 44.8 Å². The molecule has 0 aliphatic heterocycles. The summed E-state index contributed by atoms with van der Waals surface area (Å²) in [5.74, 6) is -1.64. The van der Waals surface area contributed by atoms with Crippen LogP contribution in [0.4, 0.5) is 0 Å². The van der Waals surface area contributed by atoms with E-state index in [1.807, 2.05) is 0 Å². The summed E-state index contributed by atoms with van der Waals surface area (Å²) in [7, 11) is 0. The third-order valence-electron chi connectivity index (χ3n) is 2.36. The smallest absolute Gasteiger partial charge is 0.338 e. The first-order chi connectivity index (χ1) is 8.82. The summed E-state index contributed by atoms with van der Waals surface area (Å²) >= 11 is 5.59. The zero-order chi connectivity index (χ0) is 14.6. The second kappa shape index (κ2) is 6.46. The second-order valence-electron chi connectivity index (χ2n) is 3.86. The van der Waals surface area contributed by atoms with Crippen LogP contribution in [0, 0.1) is 0 Å². The summed E-state index contributed by atoms with van der Waals surface area (Å²) < 4.78 is 0. The third-order valence-corrected chi connectivity index (χ3v) is 2.66. The lowest BCUT2D eigenvalue weighted by molar-refractivity contribution is -0.119. The minimum atomic E-state index is -1.38. The molecule has 2 atom stereocenters. The van der Waals surface area contributed by atoms with E-state index < -0.39 is 18.2 Å². The van der Waals surface area contributed by atoms with Crippen molar-refractivity contribution in [2.45, 2.75) is 19.1 Å². The molecule has 104 valence electrons. The van der Waals surface area contributed by atoms with Gasteiger partial charge >= 0.3 is 5.97 Å². The molecule has 1 amide bonds. The Morgan fingerprint density at radius 2 is 2.11 bits per heavy atom. The highest BCUT2D eigenvalue weighted by atomic mass is 35.5. The number of carboxylic acids is 1. The Labute approximate surface area is 113 Å². The first-order valence-corrected chi connectivity index (χ1v) is 5.70. The number of pyridine rings is 1. The van der Waals surface area contributed by atoms with Crippen LogP contribution in [0.15, 0.2) is 12.3 Å². The van der Waals surface area contributed by atoms with Crippen LogP contribution in [-0.2, 0) is 4.79 Å². The minimum Gasteiger partial charge on any atom is -0.478 e. The standard InChI is InChI=1S/C11H13ClN2O5/c1-5(15)13-4-8(16)9(17)6-2-7(11(18)19)10(12)14-3-6/h2-3,8-9,16-17H,4H2,1H3,(H,13,15)(H,18,19). The molecule has 0 radical (unpaired) electrons. The fourth-order valence-corrected chi connectivity index (χ4v) is 1.54. The molecule has 1 aromatic rings. The summed E-state index contributed by atoms with van der Waals surface area (Å²) in [6.07, 6.45) is -1.50. The van der Waals surface area contributed by atoms with Crippen molar-refractivity contribution in [3.8, 4) is 0 Å². The molecular weight excluding hydrogens is 276 g/mol. The number of carbonyl (C=O) groups excluding carboxylic acids is 1. The topological polar surface area (TPSA) is 120 Å². The molecule has 2 unspecified atom stereocenters. The number of aromatic nitrogens is 1. The molecule has 1 heterocycles. The maximum Gasteiger partial charge on any atom is 0.338 e. The normalized spacial score (nSPS) is 13.7. The van der Waals surface area contributed by atoms with Gasteiger partial charge in [0.2, 0.25) is 5.91 Å². The second-order valence-corrected chi connectivity index (χ2v) is 4.22. The van der Waals surface area contributed by atoms with Crippen LogP contribution in [0.2, 0.25) is 5.15 Å². The number of rotatable bonds is 5. The Morgan fingerprint density at radius 3 is 2.63 bits per heavy atom. The molecule has 0 bridgehead atoms. The van der Waals surface area contributed by atoms with Crippen molar-refractivity contribution in [1.82, 2.24) is 10.3 Å². The summed E-state index contributed by atoms with van der Waals surface area (Å²) in [6.45, 7) is 1.10. The first-order valence-electron chi connectivity index (χ1n) is 5.32. The summed E-state index contributed by atoms with van der Waals surface area (Å²) in [4.78, 5) is 25.2. The van der Waals surface area contributed by atoms with E-state index in [-0.39, 0.29) is 28.7 Å². The molecule has 0 saturated heterocycles.